The number of halogens is 1. The number of nitrogens with one attached hydrogen (secondary N) is 2. The van der Waals surface area contributed by atoms with E-state index in [1.807, 2.05) is 6.92 Å². The number of carbonyl (C=O) groups excluding carboxylic acids is 2. The summed E-state index contributed by atoms with van der Waals surface area (Å²) in [5.74, 6) is 0.423. The van der Waals surface area contributed by atoms with Crippen LogP contribution in [0.15, 0.2) is 4.99 Å². The van der Waals surface area contributed by atoms with Crippen LogP contribution in [0.2, 0.25) is 0 Å². The van der Waals surface area contributed by atoms with Crippen molar-refractivity contribution in [3.8, 4) is 0 Å². The number of amides is 2. The van der Waals surface area contributed by atoms with Crippen molar-refractivity contribution in [3.05, 3.63) is 0 Å². The maximum Gasteiger partial charge on any atom is 0.243 e. The van der Waals surface area contributed by atoms with E-state index in [1.54, 1.807) is 14.1 Å². The third-order valence-corrected chi connectivity index (χ3v) is 4.07. The fourth-order valence-electron chi connectivity index (χ4n) is 2.63. The third kappa shape index (κ3) is 9.83. The van der Waals surface area contributed by atoms with Gasteiger partial charge in [0.05, 0.1) is 5.92 Å². The molecule has 1 aliphatic heterocycles. The number of carbonyl (C=O) groups is 2. The average Bonchev–Trinajstić information content (AvgIpc) is 2.56. The predicted octanol–water partition coefficient (Wildman–Crippen LogP) is -0.165. The zero-order valence-electron chi connectivity index (χ0n) is 15.6. The molecule has 1 heterocycles. The minimum Gasteiger partial charge on any atom is -0.369 e. The van der Waals surface area contributed by atoms with Gasteiger partial charge in [0.2, 0.25) is 11.8 Å². The molecule has 146 valence electrons. The van der Waals surface area contributed by atoms with Crippen molar-refractivity contribution >= 4 is 41.8 Å². The predicted molar refractivity (Wildman–Crippen MR) is 111 cm³/mol. The van der Waals surface area contributed by atoms with Gasteiger partial charge in [-0.15, -0.1) is 24.0 Å². The zero-order valence-corrected chi connectivity index (χ0v) is 17.9. The first-order chi connectivity index (χ1) is 11.4. The number of piperidine rings is 1. The van der Waals surface area contributed by atoms with Crippen molar-refractivity contribution in [3.63, 3.8) is 0 Å². The molecule has 0 spiro atoms. The van der Waals surface area contributed by atoms with Crippen molar-refractivity contribution in [2.75, 3.05) is 53.4 Å². The number of hydrogen-bond donors (Lipinski definition) is 3. The molecule has 9 heteroatoms. The van der Waals surface area contributed by atoms with Gasteiger partial charge in [0, 0.05) is 33.7 Å². The van der Waals surface area contributed by atoms with Crippen LogP contribution in [-0.2, 0) is 9.59 Å². The molecule has 1 fully saturated rings. The number of likely N-dealkylation sites (tertiary alicyclic amines) is 1. The molecule has 1 saturated heterocycles. The summed E-state index contributed by atoms with van der Waals surface area (Å²) in [6, 6.07) is 0. The van der Waals surface area contributed by atoms with Crippen molar-refractivity contribution in [1.29, 1.82) is 0 Å². The molecular weight excluding hydrogens is 435 g/mol. The van der Waals surface area contributed by atoms with Crippen LogP contribution in [0.4, 0.5) is 0 Å². The molecule has 1 atom stereocenters. The summed E-state index contributed by atoms with van der Waals surface area (Å²) in [5, 5.41) is 6.37. The molecule has 0 aromatic carbocycles. The summed E-state index contributed by atoms with van der Waals surface area (Å²) in [4.78, 5) is 31.0. The Kier molecular flexibility index (Phi) is 12.6. The first-order valence-corrected chi connectivity index (χ1v) is 8.68. The second-order valence-corrected chi connectivity index (χ2v) is 6.31. The lowest BCUT2D eigenvalue weighted by Crippen LogP contribution is -2.43. The van der Waals surface area contributed by atoms with E-state index in [9.17, 15) is 9.59 Å². The second kappa shape index (κ2) is 13.2. The molecule has 2 amide bonds. The summed E-state index contributed by atoms with van der Waals surface area (Å²) >= 11 is 0. The topological polar surface area (TPSA) is 103 Å². The Bertz CT molecular complexity index is 444. The van der Waals surface area contributed by atoms with E-state index in [4.69, 9.17) is 5.73 Å². The number of nitrogens with zero attached hydrogens (tertiary/aromatic N) is 3. The minimum atomic E-state index is -0.190. The summed E-state index contributed by atoms with van der Waals surface area (Å²) < 4.78 is 0. The van der Waals surface area contributed by atoms with E-state index >= 15 is 0 Å². The second-order valence-electron chi connectivity index (χ2n) is 6.31. The largest absolute Gasteiger partial charge is 0.369 e. The molecule has 0 aromatic rings. The van der Waals surface area contributed by atoms with Gasteiger partial charge in [-0.3, -0.25) is 9.59 Å². The van der Waals surface area contributed by atoms with Crippen LogP contribution >= 0.6 is 24.0 Å². The van der Waals surface area contributed by atoms with Crippen LogP contribution in [-0.4, -0.2) is 80.9 Å². The molecule has 1 unspecified atom stereocenters. The number of aliphatic imine (C=N–C) groups is 1. The van der Waals surface area contributed by atoms with Crippen molar-refractivity contribution in [2.45, 2.75) is 26.2 Å². The van der Waals surface area contributed by atoms with Gasteiger partial charge in [-0.2, -0.15) is 0 Å². The third-order valence-electron chi connectivity index (χ3n) is 4.07. The highest BCUT2D eigenvalue weighted by Gasteiger charge is 2.23. The lowest BCUT2D eigenvalue weighted by Gasteiger charge is -2.31. The smallest absolute Gasteiger partial charge is 0.243 e. The number of guanidine groups is 1. The van der Waals surface area contributed by atoms with E-state index in [1.165, 1.54) is 4.90 Å². The van der Waals surface area contributed by atoms with Gasteiger partial charge >= 0.3 is 0 Å². The molecule has 8 nitrogen and oxygen atoms in total. The monoisotopic (exact) mass is 468 g/mol. The molecule has 1 aliphatic rings. The van der Waals surface area contributed by atoms with E-state index in [0.29, 0.717) is 5.96 Å². The number of primary amides is 1. The number of likely N-dealkylation sites (N-methyl/N-ethyl adjacent to an activating group) is 1. The Hall–Kier alpha value is -1.10. The van der Waals surface area contributed by atoms with E-state index in [2.05, 4.69) is 20.5 Å². The van der Waals surface area contributed by atoms with E-state index < -0.39 is 0 Å². The summed E-state index contributed by atoms with van der Waals surface area (Å²) in [7, 11) is 3.44. The molecule has 0 saturated carbocycles. The molecule has 25 heavy (non-hydrogen) atoms. The van der Waals surface area contributed by atoms with Crippen molar-refractivity contribution < 1.29 is 9.59 Å². The van der Waals surface area contributed by atoms with Crippen LogP contribution in [0.1, 0.15) is 26.2 Å². The molecule has 0 bridgehead atoms. The fraction of sp³-hybridized carbons (Fsp3) is 0.812. The Labute approximate surface area is 168 Å². The average molecular weight is 468 g/mol. The lowest BCUT2D eigenvalue weighted by molar-refractivity contribution is -0.127. The molecule has 0 radical (unpaired) electrons. The van der Waals surface area contributed by atoms with Gasteiger partial charge in [0.15, 0.2) is 5.96 Å². The van der Waals surface area contributed by atoms with Gasteiger partial charge in [-0.1, -0.05) is 0 Å². The van der Waals surface area contributed by atoms with Crippen LogP contribution in [0.3, 0.4) is 0 Å². The number of hydrogen-bond acceptors (Lipinski definition) is 4. The summed E-state index contributed by atoms with van der Waals surface area (Å²) in [5.41, 5.74) is 5.40. The number of nitrogens with two attached hydrogens (primary N) is 1. The van der Waals surface area contributed by atoms with Crippen LogP contribution in [0.25, 0.3) is 0 Å². The minimum absolute atomic E-state index is 0. The van der Waals surface area contributed by atoms with Gasteiger partial charge < -0.3 is 26.2 Å². The van der Waals surface area contributed by atoms with E-state index in [-0.39, 0.29) is 48.3 Å². The van der Waals surface area contributed by atoms with Gasteiger partial charge in [0.1, 0.15) is 6.54 Å². The highest BCUT2D eigenvalue weighted by atomic mass is 127. The Morgan fingerprint density at radius 2 is 2.04 bits per heavy atom. The van der Waals surface area contributed by atoms with Crippen molar-refractivity contribution in [2.24, 2.45) is 16.6 Å². The Morgan fingerprint density at radius 1 is 1.32 bits per heavy atom. The Morgan fingerprint density at radius 3 is 2.64 bits per heavy atom. The highest BCUT2D eigenvalue weighted by molar-refractivity contribution is 14.0. The zero-order chi connectivity index (χ0) is 17.9. The quantitative estimate of drug-likeness (QED) is 0.199. The van der Waals surface area contributed by atoms with Crippen molar-refractivity contribution in [1.82, 2.24) is 20.4 Å². The normalized spacial score (nSPS) is 18.2. The number of rotatable bonds is 8. The summed E-state index contributed by atoms with van der Waals surface area (Å²) in [6.45, 7) is 6.34. The van der Waals surface area contributed by atoms with Gasteiger partial charge in [0.25, 0.3) is 0 Å². The first kappa shape index (κ1) is 23.9. The first-order valence-electron chi connectivity index (χ1n) is 8.68. The maximum atomic E-state index is 11.6. The fourth-order valence-corrected chi connectivity index (χ4v) is 2.63. The van der Waals surface area contributed by atoms with Gasteiger partial charge in [-0.25, -0.2) is 4.99 Å². The summed E-state index contributed by atoms with van der Waals surface area (Å²) in [6.07, 6.45) is 2.87. The van der Waals surface area contributed by atoms with Gasteiger partial charge in [-0.05, 0) is 39.3 Å². The Balaban J connectivity index is 0.00000576. The molecule has 4 N–H and O–H groups in total. The molecular formula is C16H33IN6O2. The van der Waals surface area contributed by atoms with Crippen LogP contribution in [0.5, 0.6) is 0 Å². The SMILES string of the molecule is CCNC(=NCC(=O)N(C)C)NCCCN1CCCC(C(N)=O)C1.I. The standard InChI is InChI=1S/C16H32N6O2.HI/c1-4-18-16(20-11-14(23)21(2)3)19-8-6-10-22-9-5-7-13(12-22)15(17)24;/h13H,4-12H2,1-3H3,(H2,17,24)(H2,18,19,20);1H. The maximum absolute atomic E-state index is 11.6. The van der Waals surface area contributed by atoms with Crippen LogP contribution in [0, 0.1) is 5.92 Å². The highest BCUT2D eigenvalue weighted by Crippen LogP contribution is 2.15. The van der Waals surface area contributed by atoms with E-state index in [0.717, 1.165) is 52.0 Å². The van der Waals surface area contributed by atoms with Crippen LogP contribution < -0.4 is 16.4 Å². The molecule has 0 aromatic heterocycles. The molecule has 0 aliphatic carbocycles. The molecule has 1 rings (SSSR count). The lowest BCUT2D eigenvalue weighted by atomic mass is 9.97.